The first-order valence-electron chi connectivity index (χ1n) is 7.58. The maximum Gasteiger partial charge on any atom is 0.237 e. The molecule has 7 nitrogen and oxygen atoms in total. The maximum absolute atomic E-state index is 12.5. The lowest BCUT2D eigenvalue weighted by atomic mass is 10.2. The van der Waals surface area contributed by atoms with E-state index in [9.17, 15) is 4.79 Å². The van der Waals surface area contributed by atoms with Crippen LogP contribution in [0.1, 0.15) is 6.92 Å². The Kier molecular flexibility index (Phi) is 4.56. The number of benzene rings is 1. The first kappa shape index (κ1) is 17.3. The second kappa shape index (κ2) is 6.86. The van der Waals surface area contributed by atoms with Crippen molar-refractivity contribution < 1.29 is 14.3 Å². The monoisotopic (exact) mass is 410 g/mol. The minimum Gasteiger partial charge on any atom is -0.454 e. The highest BCUT2D eigenvalue weighted by Gasteiger charge is 2.20. The molecule has 1 aliphatic rings. The maximum atomic E-state index is 12.5. The van der Waals surface area contributed by atoms with Crippen molar-refractivity contribution in [3.63, 3.8) is 0 Å². The standard InChI is InChI=1S/C16H12Cl2N4O3S/c1-8(15(23)19-10-2-3-12-13(5-10)25-7-24-12)26-16-21-20-14-11(18)4-9(17)6-22(14)16/h2-6,8H,7H2,1H3,(H,19,23). The molecule has 0 spiro atoms. The summed E-state index contributed by atoms with van der Waals surface area (Å²) in [6.45, 7) is 1.96. The molecule has 0 saturated carbocycles. The van der Waals surface area contributed by atoms with Crippen LogP contribution in [0.2, 0.25) is 10.0 Å². The number of rotatable bonds is 4. The van der Waals surface area contributed by atoms with Gasteiger partial charge in [-0.15, -0.1) is 10.2 Å². The van der Waals surface area contributed by atoms with Crippen LogP contribution in [-0.2, 0) is 4.79 Å². The van der Waals surface area contributed by atoms with Crippen LogP contribution in [0.4, 0.5) is 5.69 Å². The van der Waals surface area contributed by atoms with E-state index in [1.165, 1.54) is 11.8 Å². The predicted molar refractivity (Wildman–Crippen MR) is 99.5 cm³/mol. The van der Waals surface area contributed by atoms with E-state index in [4.69, 9.17) is 32.7 Å². The number of carbonyl (C=O) groups excluding carboxylic acids is 1. The topological polar surface area (TPSA) is 77.8 Å². The summed E-state index contributed by atoms with van der Waals surface area (Å²) in [7, 11) is 0. The summed E-state index contributed by atoms with van der Waals surface area (Å²) in [4.78, 5) is 12.5. The molecule has 0 fully saturated rings. The van der Waals surface area contributed by atoms with E-state index < -0.39 is 5.25 Å². The quantitative estimate of drug-likeness (QED) is 0.657. The second-order valence-corrected chi connectivity index (χ2v) is 7.65. The molecule has 0 radical (unpaired) electrons. The van der Waals surface area contributed by atoms with Crippen LogP contribution in [0.5, 0.6) is 11.5 Å². The van der Waals surface area contributed by atoms with E-state index in [0.29, 0.717) is 38.0 Å². The molecule has 26 heavy (non-hydrogen) atoms. The Morgan fingerprint density at radius 2 is 2.08 bits per heavy atom. The Morgan fingerprint density at radius 3 is 2.92 bits per heavy atom. The average Bonchev–Trinajstić information content (AvgIpc) is 3.21. The van der Waals surface area contributed by atoms with Gasteiger partial charge in [0, 0.05) is 18.0 Å². The molecule has 1 aromatic carbocycles. The minimum absolute atomic E-state index is 0.182. The molecule has 1 amide bonds. The number of halogens is 2. The molecular weight excluding hydrogens is 399 g/mol. The van der Waals surface area contributed by atoms with Crippen LogP contribution in [-0.4, -0.2) is 32.5 Å². The lowest BCUT2D eigenvalue weighted by Gasteiger charge is -2.11. The number of hydrogen-bond acceptors (Lipinski definition) is 6. The van der Waals surface area contributed by atoms with Crippen molar-refractivity contribution in [3.8, 4) is 11.5 Å². The summed E-state index contributed by atoms with van der Waals surface area (Å²) in [6, 6.07) is 6.83. The van der Waals surface area contributed by atoms with Gasteiger partial charge < -0.3 is 14.8 Å². The van der Waals surface area contributed by atoms with Gasteiger partial charge >= 0.3 is 0 Å². The number of fused-ring (bicyclic) bond motifs is 2. The highest BCUT2D eigenvalue weighted by atomic mass is 35.5. The summed E-state index contributed by atoms with van der Waals surface area (Å²) < 4.78 is 12.2. The van der Waals surface area contributed by atoms with E-state index in [1.807, 2.05) is 0 Å². The van der Waals surface area contributed by atoms with Gasteiger partial charge in [0.2, 0.25) is 12.7 Å². The summed E-state index contributed by atoms with van der Waals surface area (Å²) in [5, 5.41) is 11.9. The number of amides is 1. The number of pyridine rings is 1. The van der Waals surface area contributed by atoms with Crippen LogP contribution in [0.25, 0.3) is 5.65 Å². The largest absolute Gasteiger partial charge is 0.454 e. The van der Waals surface area contributed by atoms with Crippen molar-refractivity contribution in [1.82, 2.24) is 14.6 Å². The first-order chi connectivity index (χ1) is 12.5. The highest BCUT2D eigenvalue weighted by Crippen LogP contribution is 2.34. The van der Waals surface area contributed by atoms with Crippen molar-refractivity contribution in [2.75, 3.05) is 12.1 Å². The van der Waals surface area contributed by atoms with Crippen LogP contribution in [0.15, 0.2) is 35.6 Å². The van der Waals surface area contributed by atoms with Gasteiger partial charge in [-0.25, -0.2) is 0 Å². The number of anilines is 1. The predicted octanol–water partition coefficient (Wildman–Crippen LogP) is 3.88. The van der Waals surface area contributed by atoms with Gasteiger partial charge in [0.05, 0.1) is 15.3 Å². The highest BCUT2D eigenvalue weighted by molar-refractivity contribution is 8.00. The second-order valence-electron chi connectivity index (χ2n) is 5.50. The molecule has 1 unspecified atom stereocenters. The Morgan fingerprint density at radius 1 is 1.27 bits per heavy atom. The normalized spacial score (nSPS) is 13.8. The van der Waals surface area contributed by atoms with Gasteiger partial charge in [0.25, 0.3) is 0 Å². The molecule has 3 heterocycles. The fourth-order valence-electron chi connectivity index (χ4n) is 2.41. The number of ether oxygens (including phenoxy) is 2. The molecule has 0 saturated heterocycles. The van der Waals surface area contributed by atoms with E-state index in [-0.39, 0.29) is 12.7 Å². The molecule has 0 bridgehead atoms. The van der Waals surface area contributed by atoms with Crippen molar-refractivity contribution in [2.45, 2.75) is 17.3 Å². The Hall–Kier alpha value is -2.16. The van der Waals surface area contributed by atoms with Crippen molar-refractivity contribution in [3.05, 3.63) is 40.5 Å². The number of thioether (sulfide) groups is 1. The Balaban J connectivity index is 1.49. The smallest absolute Gasteiger partial charge is 0.237 e. The van der Waals surface area contributed by atoms with Crippen LogP contribution in [0, 0.1) is 0 Å². The van der Waals surface area contributed by atoms with E-state index in [1.54, 1.807) is 41.8 Å². The van der Waals surface area contributed by atoms with Gasteiger partial charge in [0.1, 0.15) is 0 Å². The van der Waals surface area contributed by atoms with E-state index in [0.717, 1.165) is 0 Å². The van der Waals surface area contributed by atoms with E-state index >= 15 is 0 Å². The average molecular weight is 411 g/mol. The van der Waals surface area contributed by atoms with Crippen molar-refractivity contribution in [1.29, 1.82) is 0 Å². The zero-order chi connectivity index (χ0) is 18.3. The van der Waals surface area contributed by atoms with Gasteiger partial charge in [-0.1, -0.05) is 35.0 Å². The zero-order valence-corrected chi connectivity index (χ0v) is 15.7. The lowest BCUT2D eigenvalue weighted by Crippen LogP contribution is -2.22. The van der Waals surface area contributed by atoms with Gasteiger partial charge in [-0.05, 0) is 25.1 Å². The Bertz CT molecular complexity index is 1010. The molecule has 4 rings (SSSR count). The molecule has 1 aliphatic heterocycles. The van der Waals surface area contributed by atoms with Gasteiger partial charge in [0.15, 0.2) is 22.3 Å². The molecular formula is C16H12Cl2N4O3S. The van der Waals surface area contributed by atoms with Crippen molar-refractivity contribution >= 4 is 52.2 Å². The number of carbonyl (C=O) groups is 1. The zero-order valence-electron chi connectivity index (χ0n) is 13.4. The third-order valence-corrected chi connectivity index (χ3v) is 5.23. The number of nitrogens with one attached hydrogen (secondary N) is 1. The summed E-state index contributed by atoms with van der Waals surface area (Å²) in [5.41, 5.74) is 1.12. The fraction of sp³-hybridized carbons (Fsp3) is 0.188. The van der Waals surface area contributed by atoms with Crippen LogP contribution < -0.4 is 14.8 Å². The van der Waals surface area contributed by atoms with Gasteiger partial charge in [-0.3, -0.25) is 9.20 Å². The minimum atomic E-state index is -0.425. The molecule has 2 aromatic heterocycles. The van der Waals surface area contributed by atoms with Crippen molar-refractivity contribution in [2.24, 2.45) is 0 Å². The van der Waals surface area contributed by atoms with E-state index in [2.05, 4.69) is 15.5 Å². The number of aromatic nitrogens is 3. The third kappa shape index (κ3) is 3.27. The van der Waals surface area contributed by atoms with Gasteiger partial charge in [-0.2, -0.15) is 0 Å². The summed E-state index contributed by atoms with van der Waals surface area (Å²) in [6.07, 6.45) is 1.66. The first-order valence-corrected chi connectivity index (χ1v) is 9.22. The molecule has 1 N–H and O–H groups in total. The molecule has 1 atom stereocenters. The fourth-order valence-corrected chi connectivity index (χ4v) is 3.74. The molecule has 3 aromatic rings. The SMILES string of the molecule is CC(Sc1nnc2c(Cl)cc(Cl)cn12)C(=O)Nc1ccc2c(c1)OCO2. The molecule has 10 heteroatoms. The lowest BCUT2D eigenvalue weighted by molar-refractivity contribution is -0.115. The molecule has 0 aliphatic carbocycles. The van der Waals surface area contributed by atoms with Crippen LogP contribution >= 0.6 is 35.0 Å². The number of hydrogen-bond donors (Lipinski definition) is 1. The van der Waals surface area contributed by atoms with Crippen LogP contribution in [0.3, 0.4) is 0 Å². The molecule has 134 valence electrons. The number of nitrogens with zero attached hydrogens (tertiary/aromatic N) is 3. The Labute approximate surface area is 162 Å². The summed E-state index contributed by atoms with van der Waals surface area (Å²) >= 11 is 13.4. The third-order valence-electron chi connectivity index (χ3n) is 3.69. The summed E-state index contributed by atoms with van der Waals surface area (Å²) in [5.74, 6) is 1.09.